The van der Waals surface area contributed by atoms with Crippen LogP contribution < -0.4 is 5.73 Å². The number of hydrogen-bond acceptors (Lipinski definition) is 6. The van der Waals surface area contributed by atoms with Crippen molar-refractivity contribution in [2.45, 2.75) is 24.4 Å². The van der Waals surface area contributed by atoms with Crippen molar-refractivity contribution in [1.82, 2.24) is 0 Å². The Bertz CT molecular complexity index is 202. The van der Waals surface area contributed by atoms with Crippen LogP contribution in [0.1, 0.15) is 2.74 Å². The van der Waals surface area contributed by atoms with Gasteiger partial charge in [-0.15, -0.1) is 12.4 Å². The van der Waals surface area contributed by atoms with Crippen LogP contribution in [0.3, 0.4) is 0 Å². The molecule has 0 amide bonds. The SMILES string of the molecule is Cl.[3H]C([3H])(O)[C@@H](O)[C@@H](O)[C@H](O)[C@@H](N)C=O. The molecule has 0 spiro atoms. The lowest BCUT2D eigenvalue weighted by Crippen LogP contribution is -2.49. The average molecular weight is 220 g/mol. The van der Waals surface area contributed by atoms with Crippen molar-refractivity contribution in [3.8, 4) is 0 Å². The van der Waals surface area contributed by atoms with E-state index >= 15 is 0 Å². The predicted octanol–water partition coefficient (Wildman–Crippen LogP) is -2.99. The summed E-state index contributed by atoms with van der Waals surface area (Å²) in [7, 11) is 0. The Kier molecular flexibility index (Phi) is 6.00. The molecule has 0 heterocycles. The van der Waals surface area contributed by atoms with Gasteiger partial charge in [-0.25, -0.2) is 0 Å². The number of hydrogen-bond donors (Lipinski definition) is 5. The molecule has 0 radical (unpaired) electrons. The first-order valence-electron chi connectivity index (χ1n) is 4.19. The van der Waals surface area contributed by atoms with Crippen LogP contribution in [0.4, 0.5) is 0 Å². The number of carbonyl (C=O) groups is 1. The summed E-state index contributed by atoms with van der Waals surface area (Å²) in [5.74, 6) is 0. The second-order valence-corrected chi connectivity index (χ2v) is 2.27. The molecule has 0 aliphatic carbocycles. The summed E-state index contributed by atoms with van der Waals surface area (Å²) in [6.45, 7) is -3.08. The Morgan fingerprint density at radius 3 is 2.15 bits per heavy atom. The highest BCUT2D eigenvalue weighted by atomic mass is 35.5. The molecule has 0 unspecified atom stereocenters. The molecular weight excluding hydrogens is 202 g/mol. The summed E-state index contributed by atoms with van der Waals surface area (Å²) < 4.78 is 13.3. The third kappa shape index (κ3) is 4.51. The third-order valence-corrected chi connectivity index (χ3v) is 1.36. The van der Waals surface area contributed by atoms with Crippen LogP contribution in [-0.4, -0.2) is 57.6 Å². The molecule has 0 aromatic heterocycles. The maximum Gasteiger partial charge on any atom is 0.139 e. The lowest BCUT2D eigenvalue weighted by molar-refractivity contribution is -0.118. The van der Waals surface area contributed by atoms with E-state index in [1.807, 2.05) is 0 Å². The second kappa shape index (κ2) is 7.19. The van der Waals surface area contributed by atoms with Crippen molar-refractivity contribution in [1.29, 1.82) is 0 Å². The minimum Gasteiger partial charge on any atom is -0.394 e. The summed E-state index contributed by atoms with van der Waals surface area (Å²) in [6.07, 6.45) is -6.00. The van der Waals surface area contributed by atoms with Crippen LogP contribution in [0.25, 0.3) is 0 Å². The molecule has 80 valence electrons. The molecule has 6 nitrogen and oxygen atoms in total. The zero-order valence-electron chi connectivity index (χ0n) is 8.57. The molecule has 0 rings (SSSR count). The van der Waals surface area contributed by atoms with Gasteiger partial charge in [0.1, 0.15) is 24.6 Å². The van der Waals surface area contributed by atoms with Gasteiger partial charge in [-0.2, -0.15) is 0 Å². The Morgan fingerprint density at radius 2 is 1.85 bits per heavy atom. The van der Waals surface area contributed by atoms with Crippen LogP contribution in [0.5, 0.6) is 0 Å². The molecule has 0 bridgehead atoms. The van der Waals surface area contributed by atoms with E-state index in [2.05, 4.69) is 0 Å². The molecule has 0 fully saturated rings. The van der Waals surface area contributed by atoms with Gasteiger partial charge >= 0.3 is 0 Å². The lowest BCUT2D eigenvalue weighted by Gasteiger charge is -2.23. The van der Waals surface area contributed by atoms with E-state index in [1.54, 1.807) is 0 Å². The lowest BCUT2D eigenvalue weighted by atomic mass is 10.0. The van der Waals surface area contributed by atoms with Crippen molar-refractivity contribution >= 4 is 18.7 Å². The first-order valence-corrected chi connectivity index (χ1v) is 3.19. The molecule has 6 N–H and O–H groups in total. The average Bonchev–Trinajstić information content (AvgIpc) is 2.11. The van der Waals surface area contributed by atoms with Gasteiger partial charge < -0.3 is 31.0 Å². The number of aliphatic hydroxyl groups is 4. The van der Waals surface area contributed by atoms with E-state index in [-0.39, 0.29) is 18.7 Å². The molecular formula is C6H14ClNO5. The smallest absolute Gasteiger partial charge is 0.139 e. The van der Waals surface area contributed by atoms with Crippen molar-refractivity contribution in [2.24, 2.45) is 5.73 Å². The van der Waals surface area contributed by atoms with Crippen LogP contribution in [0.15, 0.2) is 0 Å². The Balaban J connectivity index is 0. The van der Waals surface area contributed by atoms with Gasteiger partial charge in [-0.1, -0.05) is 0 Å². The summed E-state index contributed by atoms with van der Waals surface area (Å²) >= 11 is 0. The zero-order valence-corrected chi connectivity index (χ0v) is 7.39. The van der Waals surface area contributed by atoms with Crippen LogP contribution in [0.2, 0.25) is 0 Å². The molecule has 7 heteroatoms. The monoisotopic (exact) mass is 219 g/mol. The number of aldehydes is 1. The summed E-state index contributed by atoms with van der Waals surface area (Å²) in [4.78, 5) is 10.1. The number of rotatable bonds is 5. The van der Waals surface area contributed by atoms with E-state index < -0.39 is 30.9 Å². The maximum absolute atomic E-state index is 10.1. The number of halogens is 1. The van der Waals surface area contributed by atoms with E-state index in [1.165, 1.54) is 0 Å². The highest BCUT2D eigenvalue weighted by molar-refractivity contribution is 5.85. The zero-order chi connectivity index (χ0) is 11.5. The largest absolute Gasteiger partial charge is 0.394 e. The van der Waals surface area contributed by atoms with Gasteiger partial charge in [-0.3, -0.25) is 0 Å². The fraction of sp³-hybridized carbons (Fsp3) is 0.833. The van der Waals surface area contributed by atoms with Crippen molar-refractivity contribution in [3.63, 3.8) is 0 Å². The van der Waals surface area contributed by atoms with Gasteiger partial charge in [0.15, 0.2) is 0 Å². The Hall–Kier alpha value is -0.240. The number of carbonyl (C=O) groups excluding carboxylic acids is 1. The highest BCUT2D eigenvalue weighted by Gasteiger charge is 2.28. The van der Waals surface area contributed by atoms with Crippen LogP contribution >= 0.6 is 12.4 Å². The normalized spacial score (nSPS) is 22.8. The molecule has 0 aromatic rings. The molecule has 0 saturated carbocycles. The molecule has 13 heavy (non-hydrogen) atoms. The van der Waals surface area contributed by atoms with Gasteiger partial charge in [-0.05, 0) is 0 Å². The van der Waals surface area contributed by atoms with Gasteiger partial charge in [0, 0.05) is 0 Å². The molecule has 0 aromatic carbocycles. The summed E-state index contributed by atoms with van der Waals surface area (Å²) in [5.41, 5.74) is 5.01. The minimum atomic E-state index is -3.08. The molecule has 0 aliphatic rings. The minimum absolute atomic E-state index is 0. The number of nitrogens with two attached hydrogens (primary N) is 1. The first kappa shape index (κ1) is 10.8. The summed E-state index contributed by atoms with van der Waals surface area (Å²) in [5, 5.41) is 35.8. The van der Waals surface area contributed by atoms with Crippen LogP contribution in [0, 0.1) is 0 Å². The number of aliphatic hydroxyl groups excluding tert-OH is 3. The van der Waals surface area contributed by atoms with Gasteiger partial charge in [0.25, 0.3) is 0 Å². The molecule has 4 atom stereocenters. The van der Waals surface area contributed by atoms with Crippen molar-refractivity contribution in [3.05, 3.63) is 0 Å². The maximum atomic E-state index is 10.1. The van der Waals surface area contributed by atoms with E-state index in [9.17, 15) is 4.79 Å². The van der Waals surface area contributed by atoms with Crippen LogP contribution in [-0.2, 0) is 4.79 Å². The van der Waals surface area contributed by atoms with E-state index in [4.69, 9.17) is 28.9 Å². The first-order chi connectivity index (χ1) is 6.21. The topological polar surface area (TPSA) is 124 Å². The Labute approximate surface area is 84.2 Å². The van der Waals surface area contributed by atoms with E-state index in [0.717, 1.165) is 0 Å². The second-order valence-electron chi connectivity index (χ2n) is 2.27. The quantitative estimate of drug-likeness (QED) is 0.314. The standard InChI is InChI=1S/C6H13NO5.ClH/c7-3(1-8)5(11)6(12)4(10)2-9;/h1,3-6,9-12H,2,7H2;1H/t3-,4+,5+,6+;/m0./s1/i2T2;. The highest BCUT2D eigenvalue weighted by Crippen LogP contribution is 2.01. The van der Waals surface area contributed by atoms with Gasteiger partial charge in [0.2, 0.25) is 0 Å². The Morgan fingerprint density at radius 1 is 1.38 bits per heavy atom. The fourth-order valence-electron chi connectivity index (χ4n) is 0.571. The molecule has 0 saturated heterocycles. The summed E-state index contributed by atoms with van der Waals surface area (Å²) in [6, 6.07) is -1.46. The van der Waals surface area contributed by atoms with Crippen molar-refractivity contribution in [2.75, 3.05) is 6.56 Å². The molecule has 0 aliphatic heterocycles. The fourth-order valence-corrected chi connectivity index (χ4v) is 0.571. The third-order valence-electron chi connectivity index (χ3n) is 1.36. The van der Waals surface area contributed by atoms with Crippen molar-refractivity contribution < 1.29 is 28.0 Å². The van der Waals surface area contributed by atoms with E-state index in [0.29, 0.717) is 0 Å². The predicted molar refractivity (Wildman–Crippen MR) is 46.4 cm³/mol. The van der Waals surface area contributed by atoms with Gasteiger partial charge in [0.05, 0.1) is 15.3 Å².